The lowest BCUT2D eigenvalue weighted by Crippen LogP contribution is -2.31. The molecule has 0 unspecified atom stereocenters. The van der Waals surface area contributed by atoms with E-state index in [0.717, 1.165) is 25.2 Å². The Hall–Kier alpha value is -1.91. The van der Waals surface area contributed by atoms with Crippen molar-refractivity contribution >= 4 is 23.2 Å². The van der Waals surface area contributed by atoms with E-state index in [1.807, 2.05) is 30.3 Å². The first kappa shape index (κ1) is 20.4. The van der Waals surface area contributed by atoms with Crippen LogP contribution in [0.1, 0.15) is 28.4 Å². The smallest absolute Gasteiger partial charge is 0.127 e. The first-order valence-corrected chi connectivity index (χ1v) is 10.5. The average Bonchev–Trinajstić information content (AvgIpc) is 3.06. The Morgan fingerprint density at radius 2 is 1.52 bits per heavy atom. The van der Waals surface area contributed by atoms with Gasteiger partial charge in [-0.05, 0) is 30.7 Å². The van der Waals surface area contributed by atoms with Crippen molar-refractivity contribution in [3.8, 4) is 0 Å². The van der Waals surface area contributed by atoms with Crippen LogP contribution in [0.2, 0.25) is 10.0 Å². The molecule has 29 heavy (non-hydrogen) atoms. The highest BCUT2D eigenvalue weighted by molar-refractivity contribution is 6.36. The zero-order valence-electron chi connectivity index (χ0n) is 16.3. The van der Waals surface area contributed by atoms with Crippen LogP contribution < -0.4 is 0 Å². The number of halogens is 3. The fourth-order valence-corrected chi connectivity index (χ4v) is 4.67. The molecule has 0 bridgehead atoms. The third kappa shape index (κ3) is 4.49. The first-order chi connectivity index (χ1) is 14.0. The van der Waals surface area contributed by atoms with Crippen LogP contribution in [0, 0.1) is 12.7 Å². The summed E-state index contributed by atoms with van der Waals surface area (Å²) in [6, 6.07) is 21.0. The zero-order valence-corrected chi connectivity index (χ0v) is 17.8. The number of rotatable bonds is 5. The summed E-state index contributed by atoms with van der Waals surface area (Å²) in [6.45, 7) is 5.05. The molecule has 0 N–H and O–H groups in total. The largest absolute Gasteiger partial charge is 0.278 e. The molecule has 0 aromatic heterocycles. The topological polar surface area (TPSA) is 6.48 Å². The fraction of sp³-hybridized carbons (Fsp3) is 0.250. The van der Waals surface area contributed by atoms with Crippen molar-refractivity contribution in [1.82, 2.24) is 9.80 Å². The number of aryl methyl sites for hydroxylation is 1. The van der Waals surface area contributed by atoms with Crippen LogP contribution in [0.5, 0.6) is 0 Å². The Kier molecular flexibility index (Phi) is 6.21. The number of hydrogen-bond acceptors (Lipinski definition) is 2. The monoisotopic (exact) mass is 428 g/mol. The number of hydrogen-bond donors (Lipinski definition) is 0. The second kappa shape index (κ2) is 8.85. The van der Waals surface area contributed by atoms with E-state index in [1.54, 1.807) is 6.07 Å². The molecule has 1 saturated heterocycles. The molecule has 2 nitrogen and oxygen atoms in total. The van der Waals surface area contributed by atoms with Crippen LogP contribution in [0.4, 0.5) is 4.39 Å². The maximum Gasteiger partial charge on any atom is 0.127 e. The van der Waals surface area contributed by atoms with E-state index in [1.165, 1.54) is 17.2 Å². The predicted octanol–water partition coefficient (Wildman–Crippen LogP) is 6.46. The lowest BCUT2D eigenvalue weighted by molar-refractivity contribution is 0.125. The molecular formula is C24H23Cl2FN2. The number of benzene rings is 3. The average molecular weight is 429 g/mol. The van der Waals surface area contributed by atoms with E-state index in [9.17, 15) is 4.39 Å². The van der Waals surface area contributed by atoms with E-state index < -0.39 is 0 Å². The van der Waals surface area contributed by atoms with Crippen LogP contribution in [0.25, 0.3) is 0 Å². The van der Waals surface area contributed by atoms with Crippen molar-refractivity contribution in [3.63, 3.8) is 0 Å². The Bertz CT molecular complexity index is 987. The molecule has 0 saturated carbocycles. The third-order valence-electron chi connectivity index (χ3n) is 5.42. The summed E-state index contributed by atoms with van der Waals surface area (Å²) in [5.74, 6) is -0.186. The SMILES string of the molecule is Cc1cccc(CN2CCN(Cc3ccccc3F)[C@@H]2c2c(Cl)cccc2Cl)c1. The molecule has 1 fully saturated rings. The van der Waals surface area contributed by atoms with Gasteiger partial charge in [0, 0.05) is 47.4 Å². The van der Waals surface area contributed by atoms with E-state index in [-0.39, 0.29) is 12.0 Å². The van der Waals surface area contributed by atoms with Gasteiger partial charge >= 0.3 is 0 Å². The molecule has 4 rings (SSSR count). The van der Waals surface area contributed by atoms with Gasteiger partial charge in [0.05, 0.1) is 6.17 Å². The second-order valence-corrected chi connectivity index (χ2v) is 8.34. The molecule has 3 aromatic carbocycles. The minimum Gasteiger partial charge on any atom is -0.278 e. The minimum atomic E-state index is -0.186. The van der Waals surface area contributed by atoms with E-state index >= 15 is 0 Å². The van der Waals surface area contributed by atoms with E-state index in [0.29, 0.717) is 22.2 Å². The summed E-state index contributed by atoms with van der Waals surface area (Å²) < 4.78 is 14.3. The highest BCUT2D eigenvalue weighted by Gasteiger charge is 2.36. The predicted molar refractivity (Wildman–Crippen MR) is 118 cm³/mol. The highest BCUT2D eigenvalue weighted by Crippen LogP contribution is 2.40. The van der Waals surface area contributed by atoms with Gasteiger partial charge in [0.1, 0.15) is 5.82 Å². The summed E-state index contributed by atoms with van der Waals surface area (Å²) in [5, 5.41) is 1.27. The maximum absolute atomic E-state index is 14.3. The molecule has 0 spiro atoms. The Balaban J connectivity index is 1.69. The van der Waals surface area contributed by atoms with Gasteiger partial charge in [0.15, 0.2) is 0 Å². The van der Waals surface area contributed by atoms with Gasteiger partial charge in [-0.2, -0.15) is 0 Å². The summed E-state index contributed by atoms with van der Waals surface area (Å²) in [6.07, 6.45) is -0.115. The molecule has 0 amide bonds. The van der Waals surface area contributed by atoms with Crippen molar-refractivity contribution in [3.05, 3.63) is 105 Å². The van der Waals surface area contributed by atoms with Gasteiger partial charge in [0.25, 0.3) is 0 Å². The van der Waals surface area contributed by atoms with Gasteiger partial charge in [0.2, 0.25) is 0 Å². The van der Waals surface area contributed by atoms with Crippen molar-refractivity contribution in [2.75, 3.05) is 13.1 Å². The molecule has 5 heteroatoms. The van der Waals surface area contributed by atoms with E-state index in [4.69, 9.17) is 23.2 Å². The quantitative estimate of drug-likeness (QED) is 0.460. The summed E-state index contributed by atoms with van der Waals surface area (Å²) in [7, 11) is 0. The number of nitrogens with zero attached hydrogens (tertiary/aromatic N) is 2. The maximum atomic E-state index is 14.3. The van der Waals surface area contributed by atoms with Crippen molar-refractivity contribution in [2.45, 2.75) is 26.2 Å². The second-order valence-electron chi connectivity index (χ2n) is 7.53. The molecule has 1 heterocycles. The first-order valence-electron chi connectivity index (χ1n) is 9.74. The summed E-state index contributed by atoms with van der Waals surface area (Å²) in [4.78, 5) is 4.62. The van der Waals surface area contributed by atoms with Crippen LogP contribution in [-0.2, 0) is 13.1 Å². The van der Waals surface area contributed by atoms with Gasteiger partial charge < -0.3 is 0 Å². The minimum absolute atomic E-state index is 0.115. The molecule has 3 aromatic rings. The standard InChI is InChI=1S/C24H23Cl2FN2/c1-17-6-4-7-18(14-17)15-28-12-13-29(16-19-8-2-3-11-22(19)27)24(28)23-20(25)9-5-10-21(23)26/h2-11,14,24H,12-13,15-16H2,1H3/t24-/m1/s1. The van der Waals surface area contributed by atoms with Crippen LogP contribution in [0.15, 0.2) is 66.7 Å². The molecule has 1 atom stereocenters. The van der Waals surface area contributed by atoms with E-state index in [2.05, 4.69) is 41.0 Å². The Labute approximate surface area is 181 Å². The van der Waals surface area contributed by atoms with Crippen LogP contribution >= 0.6 is 23.2 Å². The van der Waals surface area contributed by atoms with Crippen molar-refractivity contribution in [1.29, 1.82) is 0 Å². The van der Waals surface area contributed by atoms with Gasteiger partial charge in [-0.25, -0.2) is 4.39 Å². The Morgan fingerprint density at radius 1 is 0.862 bits per heavy atom. The normalized spacial score (nSPS) is 17.7. The lowest BCUT2D eigenvalue weighted by atomic mass is 10.1. The molecule has 1 aliphatic rings. The van der Waals surface area contributed by atoms with Crippen molar-refractivity contribution < 1.29 is 4.39 Å². The highest BCUT2D eigenvalue weighted by atomic mass is 35.5. The molecule has 1 aliphatic heterocycles. The molecule has 0 aliphatic carbocycles. The van der Waals surface area contributed by atoms with Gasteiger partial charge in [-0.15, -0.1) is 0 Å². The van der Waals surface area contributed by atoms with Crippen molar-refractivity contribution in [2.24, 2.45) is 0 Å². The molecule has 150 valence electrons. The molecular weight excluding hydrogens is 406 g/mol. The van der Waals surface area contributed by atoms with Crippen LogP contribution in [-0.4, -0.2) is 22.9 Å². The summed E-state index contributed by atoms with van der Waals surface area (Å²) in [5.41, 5.74) is 4.04. The van der Waals surface area contributed by atoms with Gasteiger partial charge in [-0.1, -0.05) is 77.3 Å². The summed E-state index contributed by atoms with van der Waals surface area (Å²) >= 11 is 13.2. The Morgan fingerprint density at radius 3 is 2.21 bits per heavy atom. The van der Waals surface area contributed by atoms with Gasteiger partial charge in [-0.3, -0.25) is 9.80 Å². The lowest BCUT2D eigenvalue weighted by Gasteiger charge is -2.32. The van der Waals surface area contributed by atoms with Crippen LogP contribution in [0.3, 0.4) is 0 Å². The molecule has 0 radical (unpaired) electrons. The zero-order chi connectivity index (χ0) is 20.4. The third-order valence-corrected chi connectivity index (χ3v) is 6.08. The fourth-order valence-electron chi connectivity index (χ4n) is 4.08.